The van der Waals surface area contributed by atoms with E-state index in [1.165, 1.54) is 18.4 Å². The molecule has 0 aliphatic carbocycles. The number of rotatable bonds is 6. The van der Waals surface area contributed by atoms with Crippen LogP contribution >= 0.6 is 11.3 Å². The van der Waals surface area contributed by atoms with Crippen LogP contribution in [0.3, 0.4) is 0 Å². The van der Waals surface area contributed by atoms with E-state index in [-0.39, 0.29) is 17.8 Å². The maximum absolute atomic E-state index is 11.1. The van der Waals surface area contributed by atoms with Crippen LogP contribution in [0.25, 0.3) is 0 Å². The van der Waals surface area contributed by atoms with Gasteiger partial charge in [0.2, 0.25) is 0 Å². The SMILES string of the molecule is CCC(C)(C)CNc1nc(CC(=O)OC)cs1. The molecule has 1 N–H and O–H groups in total. The van der Waals surface area contributed by atoms with Crippen LogP contribution in [0.2, 0.25) is 0 Å². The summed E-state index contributed by atoms with van der Waals surface area (Å²) < 4.78 is 4.60. The molecule has 0 aliphatic heterocycles. The molecule has 1 aromatic rings. The molecule has 17 heavy (non-hydrogen) atoms. The predicted molar refractivity (Wildman–Crippen MR) is 70.4 cm³/mol. The number of nitrogens with one attached hydrogen (secondary N) is 1. The summed E-state index contributed by atoms with van der Waals surface area (Å²) in [5.74, 6) is -0.254. The van der Waals surface area contributed by atoms with Gasteiger partial charge >= 0.3 is 5.97 Å². The lowest BCUT2D eigenvalue weighted by atomic mass is 9.90. The second kappa shape index (κ2) is 6.00. The number of hydrogen-bond acceptors (Lipinski definition) is 5. The summed E-state index contributed by atoms with van der Waals surface area (Å²) in [6.45, 7) is 7.48. The zero-order valence-corrected chi connectivity index (χ0v) is 11.7. The minimum absolute atomic E-state index is 0.242. The number of nitrogens with zero attached hydrogens (tertiary/aromatic N) is 1. The average Bonchev–Trinajstić information content (AvgIpc) is 2.74. The summed E-state index contributed by atoms with van der Waals surface area (Å²) in [5, 5.41) is 6.06. The van der Waals surface area contributed by atoms with Crippen molar-refractivity contribution in [1.29, 1.82) is 0 Å². The number of methoxy groups -OCH3 is 1. The first-order chi connectivity index (χ1) is 7.96. The van der Waals surface area contributed by atoms with E-state index in [2.05, 4.69) is 35.8 Å². The second-order valence-corrected chi connectivity index (χ2v) is 5.63. The van der Waals surface area contributed by atoms with Gasteiger partial charge in [0, 0.05) is 11.9 Å². The molecule has 1 rings (SSSR count). The fourth-order valence-corrected chi connectivity index (χ4v) is 1.84. The number of aromatic nitrogens is 1. The number of thiazole rings is 1. The van der Waals surface area contributed by atoms with Crippen LogP contribution in [0.4, 0.5) is 5.13 Å². The number of carbonyl (C=O) groups is 1. The van der Waals surface area contributed by atoms with Crippen LogP contribution in [0.5, 0.6) is 0 Å². The molecule has 1 heterocycles. The van der Waals surface area contributed by atoms with E-state index in [1.54, 1.807) is 0 Å². The third kappa shape index (κ3) is 4.73. The highest BCUT2D eigenvalue weighted by atomic mass is 32.1. The fraction of sp³-hybridized carbons (Fsp3) is 0.667. The van der Waals surface area contributed by atoms with Crippen molar-refractivity contribution in [3.63, 3.8) is 0 Å². The average molecular weight is 256 g/mol. The summed E-state index contributed by atoms with van der Waals surface area (Å²) in [6, 6.07) is 0. The van der Waals surface area contributed by atoms with Crippen molar-refractivity contribution in [2.75, 3.05) is 19.0 Å². The fourth-order valence-electron chi connectivity index (χ4n) is 1.13. The highest BCUT2D eigenvalue weighted by Crippen LogP contribution is 2.22. The number of carbonyl (C=O) groups excluding carboxylic acids is 1. The van der Waals surface area contributed by atoms with E-state index in [9.17, 15) is 4.79 Å². The first-order valence-corrected chi connectivity index (χ1v) is 6.60. The molecule has 0 aliphatic rings. The molecule has 0 saturated carbocycles. The van der Waals surface area contributed by atoms with E-state index < -0.39 is 0 Å². The van der Waals surface area contributed by atoms with Crippen molar-refractivity contribution in [1.82, 2.24) is 4.98 Å². The first-order valence-electron chi connectivity index (χ1n) is 5.72. The zero-order valence-electron chi connectivity index (χ0n) is 10.9. The van der Waals surface area contributed by atoms with Crippen LogP contribution in [0, 0.1) is 5.41 Å². The molecule has 0 aromatic carbocycles. The molecule has 0 amide bonds. The molecule has 0 saturated heterocycles. The Kier molecular flexibility index (Phi) is 4.93. The molecule has 5 heteroatoms. The number of ether oxygens (including phenoxy) is 1. The Morgan fingerprint density at radius 1 is 1.59 bits per heavy atom. The van der Waals surface area contributed by atoms with Crippen LogP contribution in [0.15, 0.2) is 5.38 Å². The van der Waals surface area contributed by atoms with Crippen molar-refractivity contribution in [2.45, 2.75) is 33.6 Å². The summed E-state index contributed by atoms with van der Waals surface area (Å²) >= 11 is 1.52. The van der Waals surface area contributed by atoms with Crippen molar-refractivity contribution in [3.8, 4) is 0 Å². The van der Waals surface area contributed by atoms with Crippen molar-refractivity contribution in [3.05, 3.63) is 11.1 Å². The largest absolute Gasteiger partial charge is 0.469 e. The highest BCUT2D eigenvalue weighted by Gasteiger charge is 2.15. The minimum Gasteiger partial charge on any atom is -0.469 e. The molecule has 0 unspecified atom stereocenters. The lowest BCUT2D eigenvalue weighted by Crippen LogP contribution is -2.21. The van der Waals surface area contributed by atoms with Gasteiger partial charge in [0.05, 0.1) is 19.2 Å². The van der Waals surface area contributed by atoms with Crippen molar-refractivity contribution in [2.24, 2.45) is 5.41 Å². The molecule has 1 aromatic heterocycles. The quantitative estimate of drug-likeness (QED) is 0.795. The molecule has 96 valence electrons. The number of hydrogen-bond donors (Lipinski definition) is 1. The Hall–Kier alpha value is -1.10. The van der Waals surface area contributed by atoms with E-state index in [0.29, 0.717) is 0 Å². The molecule has 0 radical (unpaired) electrons. The van der Waals surface area contributed by atoms with Crippen molar-refractivity contribution >= 4 is 22.4 Å². The van der Waals surface area contributed by atoms with E-state index in [0.717, 1.165) is 23.8 Å². The Labute approximate surface area is 106 Å². The van der Waals surface area contributed by atoms with Gasteiger partial charge in [-0.25, -0.2) is 4.98 Å². The third-order valence-electron chi connectivity index (χ3n) is 2.78. The standard InChI is InChI=1S/C12H20N2O2S/c1-5-12(2,3)8-13-11-14-9(7-17-11)6-10(15)16-4/h7H,5-6,8H2,1-4H3,(H,13,14). The minimum atomic E-state index is -0.254. The number of anilines is 1. The molecule has 0 fully saturated rings. The van der Waals surface area contributed by atoms with Crippen LogP contribution in [-0.4, -0.2) is 24.6 Å². The van der Waals surface area contributed by atoms with Crippen molar-refractivity contribution < 1.29 is 9.53 Å². The Morgan fingerprint density at radius 3 is 2.88 bits per heavy atom. The molecule has 0 spiro atoms. The van der Waals surface area contributed by atoms with E-state index in [1.807, 2.05) is 5.38 Å². The summed E-state index contributed by atoms with van der Waals surface area (Å²) in [4.78, 5) is 15.4. The van der Waals surface area contributed by atoms with Gasteiger partial charge in [-0.05, 0) is 11.8 Å². The highest BCUT2D eigenvalue weighted by molar-refractivity contribution is 7.13. The van der Waals surface area contributed by atoms with Gasteiger partial charge in [-0.2, -0.15) is 0 Å². The monoisotopic (exact) mass is 256 g/mol. The van der Waals surface area contributed by atoms with Crippen LogP contribution in [0.1, 0.15) is 32.9 Å². The normalized spacial score (nSPS) is 11.3. The van der Waals surface area contributed by atoms with Crippen LogP contribution in [-0.2, 0) is 16.0 Å². The molecular formula is C12H20N2O2S. The summed E-state index contributed by atoms with van der Waals surface area (Å²) in [6.07, 6.45) is 1.35. The molecule has 4 nitrogen and oxygen atoms in total. The van der Waals surface area contributed by atoms with Crippen LogP contribution < -0.4 is 5.32 Å². The van der Waals surface area contributed by atoms with Gasteiger partial charge in [-0.15, -0.1) is 11.3 Å². The molecule has 0 atom stereocenters. The number of esters is 1. The Morgan fingerprint density at radius 2 is 2.29 bits per heavy atom. The predicted octanol–water partition coefficient (Wildman–Crippen LogP) is 2.71. The second-order valence-electron chi connectivity index (χ2n) is 4.77. The topological polar surface area (TPSA) is 51.2 Å². The zero-order chi connectivity index (χ0) is 12.9. The van der Waals surface area contributed by atoms with Gasteiger partial charge in [-0.1, -0.05) is 20.8 Å². The summed E-state index contributed by atoms with van der Waals surface area (Å²) in [5.41, 5.74) is 1.02. The Bertz CT molecular complexity index is 374. The van der Waals surface area contributed by atoms with Gasteiger partial charge < -0.3 is 10.1 Å². The summed E-state index contributed by atoms with van der Waals surface area (Å²) in [7, 11) is 1.39. The maximum Gasteiger partial charge on any atom is 0.311 e. The van der Waals surface area contributed by atoms with E-state index >= 15 is 0 Å². The lowest BCUT2D eigenvalue weighted by molar-refractivity contribution is -0.139. The van der Waals surface area contributed by atoms with E-state index in [4.69, 9.17) is 0 Å². The van der Waals surface area contributed by atoms with Gasteiger partial charge in [0.25, 0.3) is 0 Å². The third-order valence-corrected chi connectivity index (χ3v) is 3.63. The lowest BCUT2D eigenvalue weighted by Gasteiger charge is -2.22. The Balaban J connectivity index is 2.49. The molecule has 0 bridgehead atoms. The maximum atomic E-state index is 11.1. The van der Waals surface area contributed by atoms with Gasteiger partial charge in [0.1, 0.15) is 0 Å². The van der Waals surface area contributed by atoms with Gasteiger partial charge in [-0.3, -0.25) is 4.79 Å². The molecular weight excluding hydrogens is 236 g/mol. The first kappa shape index (κ1) is 14.0. The van der Waals surface area contributed by atoms with Gasteiger partial charge in [0.15, 0.2) is 5.13 Å². The smallest absolute Gasteiger partial charge is 0.311 e.